The molecule has 1 heteroatoms. The lowest BCUT2D eigenvalue weighted by atomic mass is 10.2. The minimum atomic E-state index is 1.18. The van der Waals surface area contributed by atoms with Crippen molar-refractivity contribution in [3.8, 4) is 0 Å². The van der Waals surface area contributed by atoms with Crippen LogP contribution in [-0.4, -0.2) is 0 Å². The molecule has 0 aliphatic heterocycles. The summed E-state index contributed by atoms with van der Waals surface area (Å²) in [7, 11) is 0. The molecule has 0 aliphatic rings. The van der Waals surface area contributed by atoms with E-state index in [1.165, 1.54) is 29.3 Å². The lowest BCUT2D eigenvalue weighted by molar-refractivity contribution is 0.810. The molecule has 0 rings (SSSR count). The molecule has 0 radical (unpaired) electrons. The van der Waals surface area contributed by atoms with Crippen molar-refractivity contribution in [2.75, 3.05) is 0 Å². The molecular weight excluding hydrogens is 223 g/mol. The van der Waals surface area contributed by atoms with Gasteiger partial charge in [0.05, 0.1) is 0 Å². The van der Waals surface area contributed by atoms with E-state index < -0.39 is 0 Å². The van der Waals surface area contributed by atoms with Crippen LogP contribution in [0.1, 0.15) is 39.5 Å². The monoisotopic (exact) mass is 238 g/mol. The van der Waals surface area contributed by atoms with Gasteiger partial charge in [-0.1, -0.05) is 26.3 Å². The summed E-state index contributed by atoms with van der Waals surface area (Å²) in [5.41, 5.74) is 0. The molecule has 0 saturated carbocycles. The van der Waals surface area contributed by atoms with Crippen LogP contribution in [0.15, 0.2) is 9.66 Å². The molecule has 0 saturated heterocycles. The van der Waals surface area contributed by atoms with Crippen LogP contribution in [0.4, 0.5) is 0 Å². The number of halogens is 1. The highest BCUT2D eigenvalue weighted by Crippen LogP contribution is 2.14. The molecule has 0 bridgehead atoms. The van der Waals surface area contributed by atoms with Crippen LogP contribution < -0.4 is 0 Å². The summed E-state index contributed by atoms with van der Waals surface area (Å²) in [5, 5.41) is 0. The molecular formula is C8H15I. The molecule has 54 valence electrons. The maximum absolute atomic E-state index is 2.43. The lowest BCUT2D eigenvalue weighted by Crippen LogP contribution is -1.72. The van der Waals surface area contributed by atoms with E-state index in [9.17, 15) is 0 Å². The van der Waals surface area contributed by atoms with E-state index in [-0.39, 0.29) is 0 Å². The van der Waals surface area contributed by atoms with Gasteiger partial charge in [-0.25, -0.2) is 0 Å². The van der Waals surface area contributed by atoms with Gasteiger partial charge in [0.2, 0.25) is 0 Å². The fourth-order valence-electron chi connectivity index (χ4n) is 0.669. The number of unbranched alkanes of at least 4 members (excludes halogenated alkanes) is 1. The van der Waals surface area contributed by atoms with Crippen LogP contribution in [0.25, 0.3) is 0 Å². The standard InChI is InChI=1S/C8H15I/c1-3-5-7-8(9)6-4-2/h6H,3-5,7H2,1-2H3/b8-6-. The molecule has 0 fully saturated rings. The van der Waals surface area contributed by atoms with Gasteiger partial charge in [0.1, 0.15) is 0 Å². The second-order valence-electron chi connectivity index (χ2n) is 2.16. The minimum absolute atomic E-state index is 1.18. The highest BCUT2D eigenvalue weighted by molar-refractivity contribution is 14.1. The van der Waals surface area contributed by atoms with Crippen molar-refractivity contribution in [2.24, 2.45) is 0 Å². The molecule has 0 aromatic rings. The number of hydrogen-bond acceptors (Lipinski definition) is 0. The Labute approximate surface area is 71.9 Å². The van der Waals surface area contributed by atoms with Gasteiger partial charge < -0.3 is 0 Å². The van der Waals surface area contributed by atoms with Crippen LogP contribution in [0, 0.1) is 0 Å². The van der Waals surface area contributed by atoms with Crippen molar-refractivity contribution >= 4 is 22.6 Å². The number of rotatable bonds is 4. The average molecular weight is 238 g/mol. The summed E-state index contributed by atoms with van der Waals surface area (Å²) < 4.78 is 1.52. The van der Waals surface area contributed by atoms with Gasteiger partial charge in [0.15, 0.2) is 0 Å². The molecule has 0 nitrogen and oxygen atoms in total. The Bertz CT molecular complexity index is 84.6. The van der Waals surface area contributed by atoms with Gasteiger partial charge >= 0.3 is 0 Å². The van der Waals surface area contributed by atoms with E-state index in [1.807, 2.05) is 0 Å². The van der Waals surface area contributed by atoms with E-state index in [1.54, 1.807) is 0 Å². The molecule has 0 N–H and O–H groups in total. The van der Waals surface area contributed by atoms with Crippen molar-refractivity contribution in [1.29, 1.82) is 0 Å². The normalized spacial score (nSPS) is 12.1. The fourth-order valence-corrected chi connectivity index (χ4v) is 1.49. The average Bonchev–Trinajstić information content (AvgIpc) is 1.85. The van der Waals surface area contributed by atoms with Crippen molar-refractivity contribution in [3.05, 3.63) is 9.66 Å². The summed E-state index contributed by atoms with van der Waals surface area (Å²) in [6, 6.07) is 0. The zero-order valence-corrected chi connectivity index (χ0v) is 8.44. The second-order valence-corrected chi connectivity index (χ2v) is 3.55. The summed E-state index contributed by atoms with van der Waals surface area (Å²) >= 11 is 2.43. The molecule has 0 spiro atoms. The van der Waals surface area contributed by atoms with Gasteiger partial charge in [-0.2, -0.15) is 0 Å². The first-order valence-electron chi connectivity index (χ1n) is 3.65. The zero-order valence-electron chi connectivity index (χ0n) is 6.28. The third kappa shape index (κ3) is 6.35. The predicted octanol–water partition coefficient (Wildman–Crippen LogP) is 3.91. The highest BCUT2D eigenvalue weighted by atomic mass is 127. The Kier molecular flexibility index (Phi) is 6.93. The Morgan fingerprint density at radius 3 is 2.56 bits per heavy atom. The quantitative estimate of drug-likeness (QED) is 0.651. The second kappa shape index (κ2) is 6.59. The van der Waals surface area contributed by atoms with Gasteiger partial charge in [-0.05, 0) is 45.4 Å². The zero-order chi connectivity index (χ0) is 7.11. The first-order chi connectivity index (χ1) is 4.31. The van der Waals surface area contributed by atoms with Crippen LogP contribution in [0.3, 0.4) is 0 Å². The molecule has 9 heavy (non-hydrogen) atoms. The molecule has 0 amide bonds. The van der Waals surface area contributed by atoms with Gasteiger partial charge in [-0.3, -0.25) is 0 Å². The molecule has 0 aromatic heterocycles. The third-order valence-corrected chi connectivity index (χ3v) is 2.17. The predicted molar refractivity (Wildman–Crippen MR) is 51.9 cm³/mol. The summed E-state index contributed by atoms with van der Waals surface area (Å²) in [5.74, 6) is 0. The minimum Gasteiger partial charge on any atom is -0.0755 e. The number of hydrogen-bond donors (Lipinski definition) is 0. The highest BCUT2D eigenvalue weighted by Gasteiger charge is 1.87. The summed E-state index contributed by atoms with van der Waals surface area (Å²) in [4.78, 5) is 0. The first-order valence-corrected chi connectivity index (χ1v) is 4.73. The van der Waals surface area contributed by atoms with Crippen LogP contribution in [0.2, 0.25) is 0 Å². The maximum atomic E-state index is 2.43. The van der Waals surface area contributed by atoms with E-state index >= 15 is 0 Å². The molecule has 0 aliphatic carbocycles. The van der Waals surface area contributed by atoms with Gasteiger partial charge in [0.25, 0.3) is 0 Å². The number of allylic oxidation sites excluding steroid dienone is 2. The van der Waals surface area contributed by atoms with E-state index in [0.717, 1.165) is 0 Å². The largest absolute Gasteiger partial charge is 0.0755 e. The Balaban J connectivity index is 3.25. The van der Waals surface area contributed by atoms with Crippen LogP contribution >= 0.6 is 22.6 Å². The van der Waals surface area contributed by atoms with Gasteiger partial charge in [-0.15, -0.1) is 0 Å². The molecule has 0 aromatic carbocycles. The smallest absolute Gasteiger partial charge is 0.0134 e. The Morgan fingerprint density at radius 2 is 2.11 bits per heavy atom. The maximum Gasteiger partial charge on any atom is -0.0134 e. The van der Waals surface area contributed by atoms with Crippen LogP contribution in [-0.2, 0) is 0 Å². The SMILES string of the molecule is CC/C=C(\I)CCCC. The molecule has 0 atom stereocenters. The summed E-state index contributed by atoms with van der Waals surface area (Å²) in [6.07, 6.45) is 7.42. The van der Waals surface area contributed by atoms with E-state index in [4.69, 9.17) is 0 Å². The van der Waals surface area contributed by atoms with Crippen LogP contribution in [0.5, 0.6) is 0 Å². The first kappa shape index (κ1) is 9.47. The van der Waals surface area contributed by atoms with E-state index in [2.05, 4.69) is 42.5 Å². The Morgan fingerprint density at radius 1 is 1.44 bits per heavy atom. The molecule has 0 heterocycles. The topological polar surface area (TPSA) is 0 Å². The van der Waals surface area contributed by atoms with Crippen molar-refractivity contribution in [3.63, 3.8) is 0 Å². The fraction of sp³-hybridized carbons (Fsp3) is 0.750. The molecule has 0 unspecified atom stereocenters. The van der Waals surface area contributed by atoms with Gasteiger partial charge in [0, 0.05) is 0 Å². The van der Waals surface area contributed by atoms with Crippen molar-refractivity contribution in [2.45, 2.75) is 39.5 Å². The van der Waals surface area contributed by atoms with Crippen molar-refractivity contribution < 1.29 is 0 Å². The third-order valence-electron chi connectivity index (χ3n) is 1.19. The Hall–Kier alpha value is 0.470. The van der Waals surface area contributed by atoms with E-state index in [0.29, 0.717) is 0 Å². The van der Waals surface area contributed by atoms with Crippen molar-refractivity contribution in [1.82, 2.24) is 0 Å². The lowest BCUT2D eigenvalue weighted by Gasteiger charge is -1.94. The summed E-state index contributed by atoms with van der Waals surface area (Å²) in [6.45, 7) is 4.42.